The molecule has 2 N–H and O–H groups in total. The Bertz CT molecular complexity index is 437. The van der Waals surface area contributed by atoms with Crippen LogP contribution in [0.3, 0.4) is 0 Å². The van der Waals surface area contributed by atoms with Crippen LogP contribution in [-0.4, -0.2) is 23.2 Å². The Hall–Kier alpha value is -1.49. The van der Waals surface area contributed by atoms with E-state index in [2.05, 4.69) is 5.32 Å². The molecule has 3 nitrogen and oxygen atoms in total. The Morgan fingerprint density at radius 1 is 1.35 bits per heavy atom. The SMILES string of the molecule is O=C(N[C@H]1CCC[C@@H]1O)c1ccc(F)cc1F. The molecule has 0 unspecified atom stereocenters. The van der Waals surface area contributed by atoms with E-state index in [4.69, 9.17) is 0 Å². The highest BCUT2D eigenvalue weighted by atomic mass is 19.1. The van der Waals surface area contributed by atoms with Gasteiger partial charge in [-0.15, -0.1) is 0 Å². The maximum Gasteiger partial charge on any atom is 0.254 e. The zero-order valence-corrected chi connectivity index (χ0v) is 9.12. The number of benzene rings is 1. The normalized spacial score (nSPS) is 23.7. The molecule has 0 spiro atoms. The Labute approximate surface area is 97.5 Å². The van der Waals surface area contributed by atoms with Crippen LogP contribution < -0.4 is 5.32 Å². The van der Waals surface area contributed by atoms with E-state index in [9.17, 15) is 18.7 Å². The Morgan fingerprint density at radius 3 is 2.71 bits per heavy atom. The average Bonchev–Trinajstić information content (AvgIpc) is 2.64. The smallest absolute Gasteiger partial charge is 0.254 e. The molecule has 1 amide bonds. The van der Waals surface area contributed by atoms with Crippen LogP contribution in [0.25, 0.3) is 0 Å². The van der Waals surface area contributed by atoms with E-state index in [0.29, 0.717) is 18.9 Å². The van der Waals surface area contributed by atoms with Crippen LogP contribution in [0.4, 0.5) is 8.78 Å². The van der Waals surface area contributed by atoms with E-state index >= 15 is 0 Å². The van der Waals surface area contributed by atoms with E-state index in [-0.39, 0.29) is 11.6 Å². The third-order valence-corrected chi connectivity index (χ3v) is 2.97. The van der Waals surface area contributed by atoms with Gasteiger partial charge in [0.25, 0.3) is 5.91 Å². The van der Waals surface area contributed by atoms with E-state index in [0.717, 1.165) is 18.6 Å². The van der Waals surface area contributed by atoms with Crippen LogP contribution in [0, 0.1) is 11.6 Å². The van der Waals surface area contributed by atoms with Gasteiger partial charge in [-0.3, -0.25) is 4.79 Å². The maximum atomic E-state index is 13.3. The van der Waals surface area contributed by atoms with Crippen LogP contribution in [0.15, 0.2) is 18.2 Å². The first-order valence-corrected chi connectivity index (χ1v) is 5.52. The summed E-state index contributed by atoms with van der Waals surface area (Å²) >= 11 is 0. The molecule has 1 aromatic rings. The summed E-state index contributed by atoms with van der Waals surface area (Å²) in [4.78, 5) is 11.7. The topological polar surface area (TPSA) is 49.3 Å². The molecule has 1 saturated carbocycles. The highest BCUT2D eigenvalue weighted by Crippen LogP contribution is 2.19. The molecule has 1 aromatic carbocycles. The van der Waals surface area contributed by atoms with Crippen LogP contribution in [0.1, 0.15) is 29.6 Å². The van der Waals surface area contributed by atoms with Crippen molar-refractivity contribution in [1.29, 1.82) is 0 Å². The standard InChI is InChI=1S/C12H13F2NO2/c13-7-4-5-8(9(14)6-7)12(17)15-10-2-1-3-11(10)16/h4-6,10-11,16H,1-3H2,(H,15,17)/t10-,11-/m0/s1. The number of aliphatic hydroxyl groups is 1. The lowest BCUT2D eigenvalue weighted by Gasteiger charge is -2.16. The number of hydrogen-bond acceptors (Lipinski definition) is 2. The van der Waals surface area contributed by atoms with Crippen LogP contribution in [0.5, 0.6) is 0 Å². The van der Waals surface area contributed by atoms with E-state index in [1.54, 1.807) is 0 Å². The lowest BCUT2D eigenvalue weighted by Crippen LogP contribution is -2.40. The van der Waals surface area contributed by atoms with E-state index < -0.39 is 23.6 Å². The molecule has 1 aliphatic rings. The van der Waals surface area contributed by atoms with Crippen molar-refractivity contribution in [2.75, 3.05) is 0 Å². The van der Waals surface area contributed by atoms with Gasteiger partial charge in [-0.1, -0.05) is 0 Å². The summed E-state index contributed by atoms with van der Waals surface area (Å²) in [5, 5.41) is 12.1. The van der Waals surface area contributed by atoms with Gasteiger partial charge in [0, 0.05) is 6.07 Å². The summed E-state index contributed by atoms with van der Waals surface area (Å²) in [7, 11) is 0. The summed E-state index contributed by atoms with van der Waals surface area (Å²) in [6.07, 6.45) is 1.56. The molecule has 0 heterocycles. The Balaban J connectivity index is 2.09. The van der Waals surface area contributed by atoms with Gasteiger partial charge in [0.05, 0.1) is 17.7 Å². The van der Waals surface area contributed by atoms with Crippen molar-refractivity contribution in [3.05, 3.63) is 35.4 Å². The maximum absolute atomic E-state index is 13.3. The minimum Gasteiger partial charge on any atom is -0.391 e. The molecule has 5 heteroatoms. The van der Waals surface area contributed by atoms with Crippen molar-refractivity contribution in [2.24, 2.45) is 0 Å². The second-order valence-corrected chi connectivity index (χ2v) is 4.20. The molecule has 0 radical (unpaired) electrons. The Kier molecular flexibility index (Phi) is 3.38. The molecule has 92 valence electrons. The lowest BCUT2D eigenvalue weighted by molar-refractivity contribution is 0.0869. The Morgan fingerprint density at radius 2 is 2.12 bits per heavy atom. The first-order valence-electron chi connectivity index (χ1n) is 5.52. The number of carbonyl (C=O) groups excluding carboxylic acids is 1. The zero-order chi connectivity index (χ0) is 12.4. The van der Waals surface area contributed by atoms with Crippen LogP contribution >= 0.6 is 0 Å². The van der Waals surface area contributed by atoms with Crippen molar-refractivity contribution in [2.45, 2.75) is 31.4 Å². The van der Waals surface area contributed by atoms with E-state index in [1.165, 1.54) is 0 Å². The second-order valence-electron chi connectivity index (χ2n) is 4.20. The molecular weight excluding hydrogens is 228 g/mol. The minimum atomic E-state index is -0.894. The summed E-state index contributed by atoms with van der Waals surface area (Å²) in [5.74, 6) is -2.23. The number of halogens is 2. The molecule has 0 saturated heterocycles. The summed E-state index contributed by atoms with van der Waals surface area (Å²) in [6, 6.07) is 2.46. The van der Waals surface area contributed by atoms with Gasteiger partial charge >= 0.3 is 0 Å². The molecule has 1 fully saturated rings. The van der Waals surface area contributed by atoms with Gasteiger partial charge in [-0.05, 0) is 31.4 Å². The highest BCUT2D eigenvalue weighted by molar-refractivity contribution is 5.94. The zero-order valence-electron chi connectivity index (χ0n) is 9.12. The number of hydrogen-bond donors (Lipinski definition) is 2. The van der Waals surface area contributed by atoms with Gasteiger partial charge < -0.3 is 10.4 Å². The monoisotopic (exact) mass is 241 g/mol. The predicted octanol–water partition coefficient (Wildman–Crippen LogP) is 1.61. The number of aliphatic hydroxyl groups excluding tert-OH is 1. The number of carbonyl (C=O) groups is 1. The first kappa shape index (κ1) is 12.0. The minimum absolute atomic E-state index is 0.203. The molecule has 2 atom stereocenters. The quantitative estimate of drug-likeness (QED) is 0.826. The molecule has 0 aromatic heterocycles. The largest absolute Gasteiger partial charge is 0.391 e. The fourth-order valence-electron chi connectivity index (χ4n) is 2.03. The van der Waals surface area contributed by atoms with Gasteiger partial charge in [0.15, 0.2) is 0 Å². The van der Waals surface area contributed by atoms with Crippen molar-refractivity contribution < 1.29 is 18.7 Å². The third-order valence-electron chi connectivity index (χ3n) is 2.97. The summed E-state index contributed by atoms with van der Waals surface area (Å²) in [6.45, 7) is 0. The molecule has 0 bridgehead atoms. The number of amides is 1. The van der Waals surface area contributed by atoms with Crippen molar-refractivity contribution in [1.82, 2.24) is 5.32 Å². The molecule has 0 aliphatic heterocycles. The second kappa shape index (κ2) is 4.79. The lowest BCUT2D eigenvalue weighted by atomic mass is 10.1. The summed E-state index contributed by atoms with van der Waals surface area (Å²) < 4.78 is 26.0. The summed E-state index contributed by atoms with van der Waals surface area (Å²) in [5.41, 5.74) is -0.203. The highest BCUT2D eigenvalue weighted by Gasteiger charge is 2.27. The molecule has 2 rings (SSSR count). The number of rotatable bonds is 2. The van der Waals surface area contributed by atoms with Gasteiger partial charge in [-0.25, -0.2) is 8.78 Å². The fourth-order valence-corrected chi connectivity index (χ4v) is 2.03. The molecule has 17 heavy (non-hydrogen) atoms. The average molecular weight is 241 g/mol. The molecule has 1 aliphatic carbocycles. The van der Waals surface area contributed by atoms with Gasteiger partial charge in [0.2, 0.25) is 0 Å². The predicted molar refractivity (Wildman–Crippen MR) is 57.5 cm³/mol. The number of nitrogens with one attached hydrogen (secondary N) is 1. The van der Waals surface area contributed by atoms with Crippen molar-refractivity contribution in [3.8, 4) is 0 Å². The third kappa shape index (κ3) is 2.61. The van der Waals surface area contributed by atoms with Gasteiger partial charge in [-0.2, -0.15) is 0 Å². The van der Waals surface area contributed by atoms with Crippen molar-refractivity contribution in [3.63, 3.8) is 0 Å². The van der Waals surface area contributed by atoms with Crippen molar-refractivity contribution >= 4 is 5.91 Å². The fraction of sp³-hybridized carbons (Fsp3) is 0.417. The van der Waals surface area contributed by atoms with E-state index in [1.807, 2.05) is 0 Å². The molecular formula is C12H13F2NO2. The first-order chi connectivity index (χ1) is 8.08. The van der Waals surface area contributed by atoms with Crippen LogP contribution in [-0.2, 0) is 0 Å². The van der Waals surface area contributed by atoms with Crippen LogP contribution in [0.2, 0.25) is 0 Å². The van der Waals surface area contributed by atoms with Gasteiger partial charge in [0.1, 0.15) is 11.6 Å².